The summed E-state index contributed by atoms with van der Waals surface area (Å²) >= 11 is 2.11. The average Bonchev–Trinajstić information content (AvgIpc) is 2.68. The molecule has 1 unspecified atom stereocenters. The van der Waals surface area contributed by atoms with Crippen molar-refractivity contribution in [3.8, 4) is 0 Å². The number of H-pyrrole nitrogens is 1. The van der Waals surface area contributed by atoms with E-state index >= 15 is 0 Å². The zero-order valence-electron chi connectivity index (χ0n) is 8.27. The first-order valence-corrected chi connectivity index (χ1v) is 5.71. The van der Waals surface area contributed by atoms with E-state index in [2.05, 4.69) is 32.6 Å². The zero-order valence-corrected chi connectivity index (χ0v) is 10.4. The largest absolute Gasteiger partial charge is 0.388 e. The molecule has 0 aliphatic carbocycles. The van der Waals surface area contributed by atoms with Gasteiger partial charge in [0, 0.05) is 18.3 Å². The van der Waals surface area contributed by atoms with Gasteiger partial charge in [-0.15, -0.1) is 0 Å². The number of nitrogens with one attached hydrogen (secondary N) is 1. The summed E-state index contributed by atoms with van der Waals surface area (Å²) in [5, 5.41) is 18.5. The highest BCUT2D eigenvalue weighted by molar-refractivity contribution is 14.1. The summed E-state index contributed by atoms with van der Waals surface area (Å²) in [6.45, 7) is 0.771. The Labute approximate surface area is 101 Å². The van der Waals surface area contributed by atoms with E-state index in [-0.39, 0.29) is 10.3 Å². The van der Waals surface area contributed by atoms with Crippen molar-refractivity contribution in [3.05, 3.63) is 18.2 Å². The van der Waals surface area contributed by atoms with Crippen LogP contribution in [0, 0.1) is 0 Å². The number of nitrogens with zero attached hydrogens (tertiary/aromatic N) is 1. The number of aliphatic hydroxyl groups excluding tert-OH is 1. The summed E-state index contributed by atoms with van der Waals surface area (Å²) in [6.07, 6.45) is 3.44. The fraction of sp³-hybridized carbons (Fsp3) is 0.556. The minimum Gasteiger partial charge on any atom is -0.388 e. The Morgan fingerprint density at radius 3 is 2.93 bits per heavy atom. The van der Waals surface area contributed by atoms with Crippen LogP contribution >= 0.6 is 22.6 Å². The molecular weight excluding hydrogens is 311 g/mol. The number of rotatable bonds is 5. The molecule has 2 atom stereocenters. The SMILES string of the molecule is C[C@](O)(CC(I)c1cnc[nH]1)C(=O)CO. The summed E-state index contributed by atoms with van der Waals surface area (Å²) in [6, 6.07) is 0. The molecule has 0 saturated carbocycles. The zero-order chi connectivity index (χ0) is 11.5. The van der Waals surface area contributed by atoms with Gasteiger partial charge in [0.05, 0.1) is 10.3 Å². The minimum absolute atomic E-state index is 0.0457. The molecule has 0 spiro atoms. The van der Waals surface area contributed by atoms with Crippen LogP contribution in [0.4, 0.5) is 0 Å². The lowest BCUT2D eigenvalue weighted by Crippen LogP contribution is -2.38. The molecule has 0 bridgehead atoms. The van der Waals surface area contributed by atoms with E-state index in [0.717, 1.165) is 5.69 Å². The third kappa shape index (κ3) is 3.25. The number of alkyl halides is 1. The monoisotopic (exact) mass is 324 g/mol. The first kappa shape index (κ1) is 12.6. The number of hydrogen-bond acceptors (Lipinski definition) is 4. The molecule has 5 nitrogen and oxygen atoms in total. The summed E-state index contributed by atoms with van der Waals surface area (Å²) in [5.74, 6) is -0.566. The van der Waals surface area contributed by atoms with Crippen LogP contribution in [0.1, 0.15) is 23.0 Å². The fourth-order valence-corrected chi connectivity index (χ4v) is 2.38. The van der Waals surface area contributed by atoms with E-state index in [9.17, 15) is 9.90 Å². The Bertz CT molecular complexity index is 324. The van der Waals surface area contributed by atoms with Crippen LogP contribution in [0.5, 0.6) is 0 Å². The maximum atomic E-state index is 11.2. The van der Waals surface area contributed by atoms with Gasteiger partial charge in [0.15, 0.2) is 5.78 Å². The summed E-state index contributed by atoms with van der Waals surface area (Å²) < 4.78 is -0.0457. The number of aromatic amines is 1. The summed E-state index contributed by atoms with van der Waals surface area (Å²) in [4.78, 5) is 18.0. The molecule has 15 heavy (non-hydrogen) atoms. The highest BCUT2D eigenvalue weighted by atomic mass is 127. The number of Topliss-reactive ketones (excluding diaryl/α,β-unsaturated/α-hetero) is 1. The number of aromatic nitrogens is 2. The van der Waals surface area contributed by atoms with Gasteiger partial charge in [-0.05, 0) is 6.92 Å². The van der Waals surface area contributed by atoms with E-state index in [1.807, 2.05) is 0 Å². The Hall–Kier alpha value is -0.470. The van der Waals surface area contributed by atoms with Gasteiger partial charge in [-0.25, -0.2) is 4.98 Å². The molecule has 0 aliphatic heterocycles. The molecule has 1 aromatic heterocycles. The Morgan fingerprint density at radius 1 is 1.80 bits per heavy atom. The predicted octanol–water partition coefficient (Wildman–Crippen LogP) is 0.588. The summed E-state index contributed by atoms with van der Waals surface area (Å²) in [7, 11) is 0. The molecule has 0 aliphatic rings. The number of aliphatic hydroxyl groups is 2. The van der Waals surface area contributed by atoms with Crippen molar-refractivity contribution in [1.29, 1.82) is 0 Å². The molecule has 3 N–H and O–H groups in total. The lowest BCUT2D eigenvalue weighted by atomic mass is 9.94. The molecule has 0 amide bonds. The molecule has 1 rings (SSSR count). The van der Waals surface area contributed by atoms with Crippen LogP contribution in [-0.2, 0) is 4.79 Å². The predicted molar refractivity (Wildman–Crippen MR) is 62.7 cm³/mol. The van der Waals surface area contributed by atoms with Crippen LogP contribution in [0.3, 0.4) is 0 Å². The number of hydrogen-bond donors (Lipinski definition) is 3. The quantitative estimate of drug-likeness (QED) is 0.547. The minimum atomic E-state index is -1.49. The number of imidazole rings is 1. The lowest BCUT2D eigenvalue weighted by molar-refractivity contribution is -0.139. The van der Waals surface area contributed by atoms with Crippen LogP contribution in [-0.4, -0.2) is 38.2 Å². The molecule has 0 saturated heterocycles. The van der Waals surface area contributed by atoms with Crippen molar-refractivity contribution in [3.63, 3.8) is 0 Å². The van der Waals surface area contributed by atoms with Gasteiger partial charge in [-0.3, -0.25) is 4.79 Å². The van der Waals surface area contributed by atoms with Gasteiger partial charge in [-0.1, -0.05) is 22.6 Å². The molecule has 1 aromatic rings. The van der Waals surface area contributed by atoms with Gasteiger partial charge < -0.3 is 15.2 Å². The van der Waals surface area contributed by atoms with Gasteiger partial charge in [0.25, 0.3) is 0 Å². The smallest absolute Gasteiger partial charge is 0.189 e. The summed E-state index contributed by atoms with van der Waals surface area (Å²) in [5.41, 5.74) is -0.646. The molecule has 0 radical (unpaired) electrons. The standard InChI is InChI=1S/C9H13IN2O3/c1-9(15,8(14)4-13)2-6(10)7-3-11-5-12-7/h3,5-6,13,15H,2,4H2,1H3,(H,11,12)/t6?,9-/m0/s1. The van der Waals surface area contributed by atoms with Crippen molar-refractivity contribution in [2.75, 3.05) is 6.61 Å². The Morgan fingerprint density at radius 2 is 2.47 bits per heavy atom. The normalized spacial score (nSPS) is 17.1. The third-order valence-electron chi connectivity index (χ3n) is 2.18. The van der Waals surface area contributed by atoms with Crippen LogP contribution in [0.15, 0.2) is 12.5 Å². The first-order chi connectivity index (χ1) is 6.97. The number of carbonyl (C=O) groups excluding carboxylic acids is 1. The van der Waals surface area contributed by atoms with Gasteiger partial charge >= 0.3 is 0 Å². The van der Waals surface area contributed by atoms with Crippen LogP contribution in [0.25, 0.3) is 0 Å². The van der Waals surface area contributed by atoms with Crippen molar-refractivity contribution in [1.82, 2.24) is 9.97 Å². The number of halogens is 1. The van der Waals surface area contributed by atoms with E-state index in [0.29, 0.717) is 0 Å². The Kier molecular flexibility index (Phi) is 4.23. The second kappa shape index (κ2) is 5.04. The van der Waals surface area contributed by atoms with Crippen LogP contribution in [0.2, 0.25) is 0 Å². The van der Waals surface area contributed by atoms with Crippen molar-refractivity contribution in [2.45, 2.75) is 22.9 Å². The fourth-order valence-electron chi connectivity index (χ4n) is 1.18. The van der Waals surface area contributed by atoms with Gasteiger partial charge in [-0.2, -0.15) is 0 Å². The molecule has 0 fully saturated rings. The molecule has 84 valence electrons. The van der Waals surface area contributed by atoms with Crippen molar-refractivity contribution in [2.24, 2.45) is 0 Å². The van der Waals surface area contributed by atoms with Crippen LogP contribution < -0.4 is 0 Å². The lowest BCUT2D eigenvalue weighted by Gasteiger charge is -2.23. The van der Waals surface area contributed by atoms with E-state index in [4.69, 9.17) is 5.11 Å². The maximum absolute atomic E-state index is 11.2. The highest BCUT2D eigenvalue weighted by Crippen LogP contribution is 2.30. The van der Waals surface area contributed by atoms with Crippen molar-refractivity contribution < 1.29 is 15.0 Å². The second-order valence-corrected chi connectivity index (χ2v) is 5.04. The van der Waals surface area contributed by atoms with E-state index in [1.165, 1.54) is 6.92 Å². The topological polar surface area (TPSA) is 86.2 Å². The van der Waals surface area contributed by atoms with Crippen molar-refractivity contribution >= 4 is 28.4 Å². The number of ketones is 1. The van der Waals surface area contributed by atoms with E-state index < -0.39 is 18.0 Å². The maximum Gasteiger partial charge on any atom is 0.189 e. The molecule has 0 aromatic carbocycles. The van der Waals surface area contributed by atoms with Gasteiger partial charge in [0.2, 0.25) is 0 Å². The number of carbonyl (C=O) groups is 1. The molecule has 6 heteroatoms. The molecular formula is C9H13IN2O3. The Balaban J connectivity index is 2.65. The van der Waals surface area contributed by atoms with Gasteiger partial charge in [0.1, 0.15) is 12.2 Å². The third-order valence-corrected chi connectivity index (χ3v) is 3.29. The second-order valence-electron chi connectivity index (χ2n) is 3.53. The highest BCUT2D eigenvalue weighted by Gasteiger charge is 2.32. The first-order valence-electron chi connectivity index (χ1n) is 4.46. The van der Waals surface area contributed by atoms with E-state index in [1.54, 1.807) is 12.5 Å². The average molecular weight is 324 g/mol. The molecule has 1 heterocycles.